The molecule has 8 heteroatoms. The Hall–Kier alpha value is -3.16. The van der Waals surface area contributed by atoms with Gasteiger partial charge in [-0.2, -0.15) is 5.10 Å². The van der Waals surface area contributed by atoms with Gasteiger partial charge < -0.3 is 15.4 Å². The summed E-state index contributed by atoms with van der Waals surface area (Å²) in [5.74, 6) is 0.245. The zero-order valence-electron chi connectivity index (χ0n) is 15.1. The number of benzene rings is 1. The Kier molecular flexibility index (Phi) is 5.25. The van der Waals surface area contributed by atoms with E-state index in [2.05, 4.69) is 10.2 Å². The van der Waals surface area contributed by atoms with E-state index in [1.54, 1.807) is 18.1 Å². The fourth-order valence-electron chi connectivity index (χ4n) is 3.29. The van der Waals surface area contributed by atoms with Crippen molar-refractivity contribution >= 4 is 11.8 Å². The number of ether oxygens (including phenoxy) is 1. The summed E-state index contributed by atoms with van der Waals surface area (Å²) in [5.41, 5.74) is 6.19. The van der Waals surface area contributed by atoms with Gasteiger partial charge in [0.25, 0.3) is 5.56 Å². The Morgan fingerprint density at radius 3 is 2.70 bits per heavy atom. The minimum atomic E-state index is -0.752. The molecule has 1 aliphatic heterocycles. The molecule has 0 aliphatic carbocycles. The van der Waals surface area contributed by atoms with Crippen LogP contribution in [0.2, 0.25) is 0 Å². The molecule has 0 spiro atoms. The number of aromatic amines is 1. The van der Waals surface area contributed by atoms with Crippen molar-refractivity contribution in [2.24, 2.45) is 11.1 Å². The van der Waals surface area contributed by atoms with Crippen molar-refractivity contribution in [3.8, 4) is 5.75 Å². The number of carbonyl (C=O) groups is 2. The van der Waals surface area contributed by atoms with Crippen LogP contribution >= 0.6 is 0 Å². The molecule has 1 fully saturated rings. The number of aryl methyl sites for hydroxylation is 1. The number of hydrogen-bond donors (Lipinski definition) is 2. The van der Waals surface area contributed by atoms with E-state index in [1.165, 1.54) is 6.07 Å². The number of H-pyrrole nitrogens is 1. The van der Waals surface area contributed by atoms with Gasteiger partial charge in [-0.25, -0.2) is 5.10 Å². The molecule has 0 atom stereocenters. The average Bonchev–Trinajstić information content (AvgIpc) is 2.63. The Labute approximate surface area is 156 Å². The van der Waals surface area contributed by atoms with Gasteiger partial charge in [0.1, 0.15) is 5.75 Å². The molecule has 2 amide bonds. The second kappa shape index (κ2) is 7.61. The minimum absolute atomic E-state index is 0.0643. The van der Waals surface area contributed by atoms with E-state index in [0.29, 0.717) is 37.4 Å². The third-order valence-corrected chi connectivity index (χ3v) is 4.87. The molecule has 3 N–H and O–H groups in total. The van der Waals surface area contributed by atoms with E-state index < -0.39 is 11.3 Å². The zero-order valence-corrected chi connectivity index (χ0v) is 15.1. The van der Waals surface area contributed by atoms with Gasteiger partial charge >= 0.3 is 0 Å². The maximum absolute atomic E-state index is 12.4. The summed E-state index contributed by atoms with van der Waals surface area (Å²) in [5, 5.41) is 6.23. The third kappa shape index (κ3) is 4.16. The SMILES string of the molecule is COc1cccc(CC2(C(N)=O)CN(C(=O)CCc3ccc(=O)[nH]n3)C2)c1. The fraction of sp³-hybridized carbons (Fsp3) is 0.368. The summed E-state index contributed by atoms with van der Waals surface area (Å²) in [6, 6.07) is 10.5. The van der Waals surface area contributed by atoms with Crippen LogP contribution in [0.5, 0.6) is 5.75 Å². The zero-order chi connectivity index (χ0) is 19.4. The van der Waals surface area contributed by atoms with Gasteiger partial charge in [0.15, 0.2) is 0 Å². The number of likely N-dealkylation sites (tertiary alicyclic amines) is 1. The summed E-state index contributed by atoms with van der Waals surface area (Å²) < 4.78 is 5.21. The first kappa shape index (κ1) is 18.6. The second-order valence-electron chi connectivity index (χ2n) is 6.84. The highest BCUT2D eigenvalue weighted by Gasteiger charge is 2.49. The Morgan fingerprint density at radius 1 is 1.30 bits per heavy atom. The summed E-state index contributed by atoms with van der Waals surface area (Å²) in [6.45, 7) is 0.606. The molecule has 27 heavy (non-hydrogen) atoms. The monoisotopic (exact) mass is 370 g/mol. The lowest BCUT2D eigenvalue weighted by atomic mass is 9.74. The van der Waals surface area contributed by atoms with Crippen molar-refractivity contribution in [2.45, 2.75) is 19.3 Å². The number of carbonyl (C=O) groups excluding carboxylic acids is 2. The second-order valence-corrected chi connectivity index (χ2v) is 6.84. The predicted octanol–water partition coefficient (Wildman–Crippen LogP) is 0.268. The van der Waals surface area contributed by atoms with Gasteiger partial charge in [0.05, 0.1) is 18.2 Å². The normalized spacial score (nSPS) is 15.1. The molecular formula is C19H22N4O4. The van der Waals surface area contributed by atoms with Crippen molar-refractivity contribution < 1.29 is 14.3 Å². The van der Waals surface area contributed by atoms with Crippen molar-refractivity contribution in [1.82, 2.24) is 15.1 Å². The Bertz CT molecular complexity index is 882. The van der Waals surface area contributed by atoms with Gasteiger partial charge in [-0.1, -0.05) is 12.1 Å². The standard InChI is InChI=1S/C19H22N4O4/c1-27-15-4-2-3-13(9-15)10-19(18(20)26)11-23(12-19)17(25)8-6-14-5-7-16(24)22-21-14/h2-5,7,9H,6,8,10-12H2,1H3,(H2,20,26)(H,22,24). The predicted molar refractivity (Wildman–Crippen MR) is 98.1 cm³/mol. The highest BCUT2D eigenvalue weighted by molar-refractivity contribution is 5.87. The molecule has 1 aromatic heterocycles. The molecular weight excluding hydrogens is 348 g/mol. The molecule has 1 saturated heterocycles. The van der Waals surface area contributed by atoms with E-state index in [9.17, 15) is 14.4 Å². The van der Waals surface area contributed by atoms with E-state index >= 15 is 0 Å². The lowest BCUT2D eigenvalue weighted by Crippen LogP contribution is -2.64. The summed E-state index contributed by atoms with van der Waals surface area (Å²) >= 11 is 0. The first-order chi connectivity index (χ1) is 12.9. The van der Waals surface area contributed by atoms with Crippen LogP contribution in [-0.4, -0.2) is 47.1 Å². The molecule has 0 unspecified atom stereocenters. The molecule has 2 heterocycles. The average molecular weight is 370 g/mol. The molecule has 1 aromatic carbocycles. The van der Waals surface area contributed by atoms with Gasteiger partial charge in [0.2, 0.25) is 11.8 Å². The van der Waals surface area contributed by atoms with E-state index in [0.717, 1.165) is 5.56 Å². The molecule has 8 nitrogen and oxygen atoms in total. The highest BCUT2D eigenvalue weighted by Crippen LogP contribution is 2.35. The van der Waals surface area contributed by atoms with Crippen molar-refractivity contribution in [3.05, 3.63) is 58.0 Å². The summed E-state index contributed by atoms with van der Waals surface area (Å²) in [4.78, 5) is 37.1. The number of methoxy groups -OCH3 is 1. The lowest BCUT2D eigenvalue weighted by molar-refractivity contribution is -0.151. The number of nitrogens with one attached hydrogen (secondary N) is 1. The van der Waals surface area contributed by atoms with E-state index in [4.69, 9.17) is 10.5 Å². The van der Waals surface area contributed by atoms with Crippen LogP contribution < -0.4 is 16.0 Å². The van der Waals surface area contributed by atoms with Gasteiger partial charge in [-0.15, -0.1) is 0 Å². The van der Waals surface area contributed by atoms with Crippen LogP contribution in [0.3, 0.4) is 0 Å². The Morgan fingerprint density at radius 2 is 2.07 bits per heavy atom. The van der Waals surface area contributed by atoms with Gasteiger partial charge in [-0.3, -0.25) is 14.4 Å². The molecule has 142 valence electrons. The van der Waals surface area contributed by atoms with Crippen LogP contribution in [0.25, 0.3) is 0 Å². The first-order valence-corrected chi connectivity index (χ1v) is 8.67. The molecule has 0 saturated carbocycles. The number of amides is 2. The fourth-order valence-corrected chi connectivity index (χ4v) is 3.29. The maximum atomic E-state index is 12.4. The van der Waals surface area contributed by atoms with Crippen molar-refractivity contribution in [3.63, 3.8) is 0 Å². The van der Waals surface area contributed by atoms with Crippen LogP contribution in [-0.2, 0) is 22.4 Å². The molecule has 3 rings (SSSR count). The van der Waals surface area contributed by atoms with Crippen LogP contribution in [0, 0.1) is 5.41 Å². The van der Waals surface area contributed by atoms with Crippen LogP contribution in [0.1, 0.15) is 17.7 Å². The Balaban J connectivity index is 1.59. The number of rotatable bonds is 7. The number of hydrogen-bond acceptors (Lipinski definition) is 5. The number of primary amides is 1. The largest absolute Gasteiger partial charge is 0.497 e. The van der Waals surface area contributed by atoms with Crippen molar-refractivity contribution in [1.29, 1.82) is 0 Å². The summed E-state index contributed by atoms with van der Waals surface area (Å²) in [7, 11) is 1.59. The maximum Gasteiger partial charge on any atom is 0.264 e. The number of aromatic nitrogens is 2. The smallest absolute Gasteiger partial charge is 0.264 e. The quantitative estimate of drug-likeness (QED) is 0.725. The number of nitrogens with zero attached hydrogens (tertiary/aromatic N) is 2. The molecule has 0 radical (unpaired) electrons. The third-order valence-electron chi connectivity index (χ3n) is 4.87. The molecule has 1 aliphatic rings. The minimum Gasteiger partial charge on any atom is -0.497 e. The molecule has 0 bridgehead atoms. The van der Waals surface area contributed by atoms with Crippen molar-refractivity contribution in [2.75, 3.05) is 20.2 Å². The van der Waals surface area contributed by atoms with Gasteiger partial charge in [0, 0.05) is 32.0 Å². The molecule has 2 aromatic rings. The van der Waals surface area contributed by atoms with E-state index in [1.807, 2.05) is 24.3 Å². The highest BCUT2D eigenvalue weighted by atomic mass is 16.5. The number of nitrogens with two attached hydrogens (primary N) is 1. The van der Waals surface area contributed by atoms with Crippen LogP contribution in [0.15, 0.2) is 41.2 Å². The first-order valence-electron chi connectivity index (χ1n) is 8.67. The van der Waals surface area contributed by atoms with Crippen LogP contribution in [0.4, 0.5) is 0 Å². The van der Waals surface area contributed by atoms with Gasteiger partial charge in [-0.05, 0) is 30.2 Å². The lowest BCUT2D eigenvalue weighted by Gasteiger charge is -2.48. The summed E-state index contributed by atoms with van der Waals surface area (Å²) in [6.07, 6.45) is 1.14. The van der Waals surface area contributed by atoms with E-state index in [-0.39, 0.29) is 17.9 Å². The topological polar surface area (TPSA) is 118 Å².